The van der Waals surface area contributed by atoms with Gasteiger partial charge in [-0.1, -0.05) is 167 Å². The first-order chi connectivity index (χ1) is 20.7. The summed E-state index contributed by atoms with van der Waals surface area (Å²) in [6.45, 7) is 4.94. The van der Waals surface area contributed by atoms with Crippen molar-refractivity contribution in [2.24, 2.45) is 0 Å². The van der Waals surface area contributed by atoms with Gasteiger partial charge < -0.3 is 20.8 Å². The zero-order valence-electron chi connectivity index (χ0n) is 28.3. The standard InChI is InChI=1S/C37H74N2O3/c1-3-5-7-9-11-13-15-17-18-19-21-23-25-27-29-31-33-38-37(42)39-35(34-40)36(41)32-30-28-26-24-22-20-16-14-12-10-8-6-4-2/h17-18,35-36,40-41H,3-16,19-34H2,1-2H3,(H2,38,39,42)/b18-17-. The van der Waals surface area contributed by atoms with E-state index in [-0.39, 0.29) is 12.6 Å². The molecule has 0 aliphatic rings. The highest BCUT2D eigenvalue weighted by molar-refractivity contribution is 5.74. The fourth-order valence-electron chi connectivity index (χ4n) is 5.63. The number of carbonyl (C=O) groups excluding carboxylic acids is 1. The van der Waals surface area contributed by atoms with E-state index >= 15 is 0 Å². The van der Waals surface area contributed by atoms with Crippen molar-refractivity contribution in [2.75, 3.05) is 13.2 Å². The maximum atomic E-state index is 12.2. The normalized spacial score (nSPS) is 13.0. The van der Waals surface area contributed by atoms with Crippen molar-refractivity contribution in [1.82, 2.24) is 10.6 Å². The van der Waals surface area contributed by atoms with Crippen LogP contribution in [0, 0.1) is 0 Å². The number of hydrogen-bond donors (Lipinski definition) is 4. The minimum atomic E-state index is -0.696. The molecule has 5 nitrogen and oxygen atoms in total. The van der Waals surface area contributed by atoms with E-state index in [0.717, 1.165) is 25.7 Å². The van der Waals surface area contributed by atoms with Crippen LogP contribution in [0.3, 0.4) is 0 Å². The predicted octanol–water partition coefficient (Wildman–Crippen LogP) is 10.5. The third-order valence-electron chi connectivity index (χ3n) is 8.56. The molecule has 0 bridgehead atoms. The van der Waals surface area contributed by atoms with Crippen molar-refractivity contribution in [3.8, 4) is 0 Å². The van der Waals surface area contributed by atoms with E-state index in [4.69, 9.17) is 0 Å². The molecule has 5 heteroatoms. The van der Waals surface area contributed by atoms with Gasteiger partial charge in [0.2, 0.25) is 0 Å². The summed E-state index contributed by atoms with van der Waals surface area (Å²) in [5.74, 6) is 0. The Balaban J connectivity index is 3.55. The monoisotopic (exact) mass is 595 g/mol. The van der Waals surface area contributed by atoms with E-state index in [1.165, 1.54) is 148 Å². The summed E-state index contributed by atoms with van der Waals surface area (Å²) in [4.78, 5) is 12.2. The molecule has 0 aromatic carbocycles. The maximum Gasteiger partial charge on any atom is 0.315 e. The molecule has 2 unspecified atom stereocenters. The molecule has 0 radical (unpaired) electrons. The number of amides is 2. The van der Waals surface area contributed by atoms with Gasteiger partial charge in [-0.05, 0) is 38.5 Å². The highest BCUT2D eigenvalue weighted by Crippen LogP contribution is 2.14. The number of allylic oxidation sites excluding steroid dienone is 2. The van der Waals surface area contributed by atoms with E-state index < -0.39 is 12.1 Å². The van der Waals surface area contributed by atoms with Crippen molar-refractivity contribution >= 4 is 6.03 Å². The first-order valence-corrected chi connectivity index (χ1v) is 18.6. The minimum Gasteiger partial charge on any atom is -0.394 e. The molecule has 0 rings (SSSR count). The van der Waals surface area contributed by atoms with Crippen molar-refractivity contribution in [3.05, 3.63) is 12.2 Å². The van der Waals surface area contributed by atoms with Gasteiger partial charge >= 0.3 is 6.03 Å². The molecule has 2 amide bonds. The number of urea groups is 1. The Hall–Kier alpha value is -1.07. The molecule has 0 fully saturated rings. The Bertz CT molecular complexity index is 569. The van der Waals surface area contributed by atoms with Crippen LogP contribution in [-0.2, 0) is 0 Å². The van der Waals surface area contributed by atoms with E-state index in [1.807, 2.05) is 0 Å². The van der Waals surface area contributed by atoms with Crippen LogP contribution in [0.4, 0.5) is 4.79 Å². The topological polar surface area (TPSA) is 81.6 Å². The lowest BCUT2D eigenvalue weighted by atomic mass is 10.0. The second kappa shape index (κ2) is 34.4. The van der Waals surface area contributed by atoms with E-state index in [2.05, 4.69) is 36.6 Å². The Morgan fingerprint density at radius 1 is 0.571 bits per heavy atom. The van der Waals surface area contributed by atoms with E-state index in [1.54, 1.807) is 0 Å². The van der Waals surface area contributed by atoms with Crippen LogP contribution >= 0.6 is 0 Å². The lowest BCUT2D eigenvalue weighted by molar-refractivity contribution is 0.0847. The quantitative estimate of drug-likeness (QED) is 0.0450. The number of hydrogen-bond acceptors (Lipinski definition) is 3. The molecule has 0 aromatic rings. The number of carbonyl (C=O) groups is 1. The Morgan fingerprint density at radius 2 is 0.952 bits per heavy atom. The van der Waals surface area contributed by atoms with Crippen LogP contribution in [0.5, 0.6) is 0 Å². The molecule has 0 saturated heterocycles. The molecular formula is C37H74N2O3. The summed E-state index contributed by atoms with van der Waals surface area (Å²) in [5, 5.41) is 25.8. The van der Waals surface area contributed by atoms with Crippen LogP contribution in [0.1, 0.15) is 194 Å². The van der Waals surface area contributed by atoms with Crippen molar-refractivity contribution in [2.45, 2.75) is 206 Å². The molecule has 0 spiro atoms. The lowest BCUT2D eigenvalue weighted by Gasteiger charge is -2.22. The maximum absolute atomic E-state index is 12.2. The van der Waals surface area contributed by atoms with Crippen LogP contribution in [0.25, 0.3) is 0 Å². The fourth-order valence-corrected chi connectivity index (χ4v) is 5.63. The van der Waals surface area contributed by atoms with Crippen LogP contribution in [0.15, 0.2) is 12.2 Å². The lowest BCUT2D eigenvalue weighted by Crippen LogP contribution is -2.49. The first kappa shape index (κ1) is 40.9. The summed E-state index contributed by atoms with van der Waals surface area (Å²) in [7, 11) is 0. The number of rotatable bonds is 33. The van der Waals surface area contributed by atoms with Gasteiger partial charge in [-0.25, -0.2) is 4.79 Å². The largest absolute Gasteiger partial charge is 0.394 e. The van der Waals surface area contributed by atoms with Gasteiger partial charge in [0.25, 0.3) is 0 Å². The zero-order valence-corrected chi connectivity index (χ0v) is 28.3. The molecule has 2 atom stereocenters. The molecule has 0 saturated carbocycles. The molecule has 4 N–H and O–H groups in total. The van der Waals surface area contributed by atoms with E-state index in [9.17, 15) is 15.0 Å². The summed E-state index contributed by atoms with van der Waals surface area (Å²) in [5.41, 5.74) is 0. The van der Waals surface area contributed by atoms with Crippen LogP contribution in [0.2, 0.25) is 0 Å². The zero-order chi connectivity index (χ0) is 30.8. The van der Waals surface area contributed by atoms with Gasteiger partial charge in [-0.2, -0.15) is 0 Å². The Kier molecular flexibility index (Phi) is 33.5. The summed E-state index contributed by atoms with van der Waals surface area (Å²) in [6.07, 6.45) is 39.3. The van der Waals surface area contributed by atoms with Gasteiger partial charge in [0, 0.05) is 6.54 Å². The SMILES string of the molecule is CCCCCCCC/C=C\CCCCCCCCNC(=O)NC(CO)C(O)CCCCCCCCCCCCCCC. The minimum absolute atomic E-state index is 0.235. The Morgan fingerprint density at radius 3 is 1.38 bits per heavy atom. The molecule has 0 heterocycles. The third-order valence-corrected chi connectivity index (χ3v) is 8.56. The number of unbranched alkanes of at least 4 members (excludes halogenated alkanes) is 24. The van der Waals surface area contributed by atoms with Gasteiger partial charge in [0.15, 0.2) is 0 Å². The Labute approximate surface area is 262 Å². The van der Waals surface area contributed by atoms with Crippen LogP contribution in [-0.4, -0.2) is 41.5 Å². The van der Waals surface area contributed by atoms with E-state index in [0.29, 0.717) is 13.0 Å². The predicted molar refractivity (Wildman–Crippen MR) is 183 cm³/mol. The fraction of sp³-hybridized carbons (Fsp3) is 0.919. The first-order valence-electron chi connectivity index (χ1n) is 18.6. The highest BCUT2D eigenvalue weighted by atomic mass is 16.3. The molecule has 0 aliphatic carbocycles. The van der Waals surface area contributed by atoms with Crippen LogP contribution < -0.4 is 10.6 Å². The van der Waals surface area contributed by atoms with Gasteiger partial charge in [0.1, 0.15) is 0 Å². The highest BCUT2D eigenvalue weighted by Gasteiger charge is 2.20. The van der Waals surface area contributed by atoms with Crippen molar-refractivity contribution < 1.29 is 15.0 Å². The summed E-state index contributed by atoms with van der Waals surface area (Å²) in [6, 6.07) is -0.881. The molecular weight excluding hydrogens is 520 g/mol. The third kappa shape index (κ3) is 30.4. The van der Waals surface area contributed by atoms with Crippen molar-refractivity contribution in [3.63, 3.8) is 0 Å². The summed E-state index contributed by atoms with van der Waals surface area (Å²) >= 11 is 0. The van der Waals surface area contributed by atoms with Gasteiger partial charge in [-0.3, -0.25) is 0 Å². The number of aliphatic hydroxyl groups is 2. The second-order valence-electron chi connectivity index (χ2n) is 12.7. The van der Waals surface area contributed by atoms with Crippen molar-refractivity contribution in [1.29, 1.82) is 0 Å². The molecule has 0 aliphatic heterocycles. The molecule has 42 heavy (non-hydrogen) atoms. The summed E-state index contributed by atoms with van der Waals surface area (Å²) < 4.78 is 0. The average molecular weight is 595 g/mol. The van der Waals surface area contributed by atoms with Gasteiger partial charge in [0.05, 0.1) is 18.8 Å². The number of aliphatic hydroxyl groups excluding tert-OH is 2. The molecule has 250 valence electrons. The number of nitrogens with one attached hydrogen (secondary N) is 2. The average Bonchev–Trinajstić information content (AvgIpc) is 2.99. The molecule has 0 aromatic heterocycles. The smallest absolute Gasteiger partial charge is 0.315 e. The second-order valence-corrected chi connectivity index (χ2v) is 12.7. The van der Waals surface area contributed by atoms with Gasteiger partial charge in [-0.15, -0.1) is 0 Å².